The second kappa shape index (κ2) is 12.1. The Balaban J connectivity index is 2.41. The second-order valence-electron chi connectivity index (χ2n) is 8.19. The van der Waals surface area contributed by atoms with E-state index in [0.717, 1.165) is 26.7 Å². The van der Waals surface area contributed by atoms with Gasteiger partial charge in [0.15, 0.2) is 0 Å². The molecule has 0 aliphatic carbocycles. The highest BCUT2D eigenvalue weighted by molar-refractivity contribution is 9.10. The molecule has 35 heavy (non-hydrogen) atoms. The van der Waals surface area contributed by atoms with Crippen molar-refractivity contribution in [1.29, 1.82) is 0 Å². The first-order chi connectivity index (χ1) is 16.3. The molecule has 0 aliphatic rings. The van der Waals surface area contributed by atoms with Crippen LogP contribution in [0.25, 0.3) is 0 Å². The summed E-state index contributed by atoms with van der Waals surface area (Å²) in [6, 6.07) is 11.2. The number of amides is 2. The van der Waals surface area contributed by atoms with Crippen molar-refractivity contribution in [3.63, 3.8) is 0 Å². The fraction of sp³-hybridized carbons (Fsp3) is 0.391. The molecule has 0 spiro atoms. The van der Waals surface area contributed by atoms with E-state index in [9.17, 15) is 28.1 Å². The molecule has 0 saturated heterocycles. The predicted octanol–water partition coefficient (Wildman–Crippen LogP) is 3.46. The van der Waals surface area contributed by atoms with Crippen LogP contribution in [0.15, 0.2) is 53.0 Å². The lowest BCUT2D eigenvalue weighted by molar-refractivity contribution is -0.384. The van der Waals surface area contributed by atoms with Gasteiger partial charge in [-0.25, -0.2) is 8.42 Å². The molecule has 2 amide bonds. The monoisotopic (exact) mass is 568 g/mol. The van der Waals surface area contributed by atoms with Crippen LogP contribution in [0.2, 0.25) is 0 Å². The molecular formula is C23H29BrN4O6S. The van der Waals surface area contributed by atoms with Crippen molar-refractivity contribution < 1.29 is 22.9 Å². The zero-order chi connectivity index (χ0) is 26.3. The van der Waals surface area contributed by atoms with Crippen molar-refractivity contribution in [2.75, 3.05) is 17.1 Å². The molecule has 10 nitrogen and oxygen atoms in total. The van der Waals surface area contributed by atoms with E-state index < -0.39 is 33.4 Å². The summed E-state index contributed by atoms with van der Waals surface area (Å²) in [6.07, 6.45) is 1.62. The van der Waals surface area contributed by atoms with E-state index in [-0.39, 0.29) is 29.9 Å². The van der Waals surface area contributed by atoms with Gasteiger partial charge in [0.1, 0.15) is 12.6 Å². The molecule has 0 unspecified atom stereocenters. The van der Waals surface area contributed by atoms with Crippen LogP contribution in [-0.2, 0) is 26.2 Å². The lowest BCUT2D eigenvalue weighted by atomic mass is 10.1. The number of nitro groups is 1. The molecule has 0 fully saturated rings. The number of non-ortho nitro benzene ring substituents is 1. The maximum absolute atomic E-state index is 13.5. The van der Waals surface area contributed by atoms with Gasteiger partial charge in [0, 0.05) is 29.2 Å². The quantitative estimate of drug-likeness (QED) is 0.326. The molecule has 2 atom stereocenters. The van der Waals surface area contributed by atoms with Crippen LogP contribution >= 0.6 is 15.9 Å². The van der Waals surface area contributed by atoms with Gasteiger partial charge < -0.3 is 10.2 Å². The maximum atomic E-state index is 13.5. The minimum Gasteiger partial charge on any atom is -0.352 e. The zero-order valence-corrected chi connectivity index (χ0v) is 22.4. The van der Waals surface area contributed by atoms with E-state index in [1.54, 1.807) is 31.2 Å². The predicted molar refractivity (Wildman–Crippen MR) is 137 cm³/mol. The summed E-state index contributed by atoms with van der Waals surface area (Å²) >= 11 is 3.36. The molecule has 0 heterocycles. The third-order valence-electron chi connectivity index (χ3n) is 5.44. The van der Waals surface area contributed by atoms with Gasteiger partial charge in [0.2, 0.25) is 21.8 Å². The number of nitrogens with zero attached hydrogens (tertiary/aromatic N) is 3. The molecule has 1 N–H and O–H groups in total. The highest BCUT2D eigenvalue weighted by Gasteiger charge is 2.30. The van der Waals surface area contributed by atoms with Gasteiger partial charge in [-0.2, -0.15) is 0 Å². The molecule has 0 aromatic heterocycles. The molecule has 0 bridgehead atoms. The van der Waals surface area contributed by atoms with E-state index >= 15 is 0 Å². The number of nitro benzene ring substituents is 1. The Labute approximate surface area is 213 Å². The van der Waals surface area contributed by atoms with Gasteiger partial charge in [0.25, 0.3) is 5.69 Å². The smallest absolute Gasteiger partial charge is 0.271 e. The number of carbonyl (C=O) groups excluding carboxylic acids is 2. The number of halogens is 1. The van der Waals surface area contributed by atoms with Gasteiger partial charge in [-0.3, -0.25) is 24.0 Å². The van der Waals surface area contributed by atoms with Gasteiger partial charge in [-0.15, -0.1) is 0 Å². The summed E-state index contributed by atoms with van der Waals surface area (Å²) in [5.74, 6) is -0.997. The van der Waals surface area contributed by atoms with Crippen LogP contribution in [0, 0.1) is 10.1 Å². The van der Waals surface area contributed by atoms with Gasteiger partial charge in [-0.05, 0) is 44.0 Å². The fourth-order valence-electron chi connectivity index (χ4n) is 3.21. The van der Waals surface area contributed by atoms with Crippen molar-refractivity contribution in [2.24, 2.45) is 0 Å². The summed E-state index contributed by atoms with van der Waals surface area (Å²) in [4.78, 5) is 38.1. The topological polar surface area (TPSA) is 130 Å². The Kier molecular flexibility index (Phi) is 9.78. The third kappa shape index (κ3) is 8.03. The highest BCUT2D eigenvalue weighted by atomic mass is 79.9. The minimum absolute atomic E-state index is 0.0182. The molecule has 12 heteroatoms. The van der Waals surface area contributed by atoms with E-state index in [4.69, 9.17) is 0 Å². The van der Waals surface area contributed by atoms with Crippen molar-refractivity contribution in [2.45, 2.75) is 45.8 Å². The molecule has 2 aromatic rings. The maximum Gasteiger partial charge on any atom is 0.271 e. The standard InChI is InChI=1S/C23H29BrN4O6S/c1-5-16(2)25-23(30)17(3)26(14-18-9-11-19(24)12-10-18)22(29)15-27(35(4,33)34)20-7-6-8-21(13-20)28(31)32/h6-13,16-17H,5,14-15H2,1-4H3,(H,25,30)/t16-,17-/m0/s1. The van der Waals surface area contributed by atoms with Crippen LogP contribution in [-0.4, -0.2) is 54.9 Å². The summed E-state index contributed by atoms with van der Waals surface area (Å²) < 4.78 is 26.8. The number of anilines is 1. The third-order valence-corrected chi connectivity index (χ3v) is 7.11. The Bertz CT molecular complexity index is 1170. The summed E-state index contributed by atoms with van der Waals surface area (Å²) in [5, 5.41) is 14.0. The van der Waals surface area contributed by atoms with Gasteiger partial charge >= 0.3 is 0 Å². The molecule has 190 valence electrons. The number of benzene rings is 2. The first kappa shape index (κ1) is 28.2. The number of sulfonamides is 1. The van der Waals surface area contributed by atoms with Crippen LogP contribution in [0.3, 0.4) is 0 Å². The van der Waals surface area contributed by atoms with Crippen LogP contribution < -0.4 is 9.62 Å². The molecule has 0 saturated carbocycles. The first-order valence-corrected chi connectivity index (χ1v) is 13.5. The number of carbonyl (C=O) groups is 2. The molecule has 2 aromatic carbocycles. The number of hydrogen-bond donors (Lipinski definition) is 1. The van der Waals surface area contributed by atoms with E-state index in [0.29, 0.717) is 6.42 Å². The normalized spacial score (nSPS) is 12.9. The summed E-state index contributed by atoms with van der Waals surface area (Å²) in [7, 11) is -3.98. The largest absolute Gasteiger partial charge is 0.352 e. The van der Waals surface area contributed by atoms with Crippen molar-refractivity contribution >= 4 is 49.1 Å². The Morgan fingerprint density at radius 1 is 1.14 bits per heavy atom. The van der Waals surface area contributed by atoms with E-state index in [1.807, 2.05) is 13.8 Å². The SMILES string of the molecule is CC[C@H](C)NC(=O)[C@H](C)N(Cc1ccc(Br)cc1)C(=O)CN(c1cccc([N+](=O)[O-])c1)S(C)(=O)=O. The summed E-state index contributed by atoms with van der Waals surface area (Å²) in [6.45, 7) is 4.78. The van der Waals surface area contributed by atoms with Crippen molar-refractivity contribution in [1.82, 2.24) is 10.2 Å². The summed E-state index contributed by atoms with van der Waals surface area (Å²) in [5.41, 5.74) is 0.415. The highest BCUT2D eigenvalue weighted by Crippen LogP contribution is 2.24. The van der Waals surface area contributed by atoms with Crippen LogP contribution in [0.5, 0.6) is 0 Å². The first-order valence-electron chi connectivity index (χ1n) is 10.9. The van der Waals surface area contributed by atoms with Gasteiger partial charge in [-0.1, -0.05) is 41.1 Å². The number of nitrogens with one attached hydrogen (secondary N) is 1. The average Bonchev–Trinajstić information content (AvgIpc) is 2.80. The van der Waals surface area contributed by atoms with Crippen LogP contribution in [0.4, 0.5) is 11.4 Å². The Morgan fingerprint density at radius 3 is 2.31 bits per heavy atom. The van der Waals surface area contributed by atoms with E-state index in [2.05, 4.69) is 21.2 Å². The Morgan fingerprint density at radius 2 is 1.77 bits per heavy atom. The molecule has 0 radical (unpaired) electrons. The molecule has 2 rings (SSSR count). The van der Waals surface area contributed by atoms with Crippen LogP contribution in [0.1, 0.15) is 32.8 Å². The fourth-order valence-corrected chi connectivity index (χ4v) is 4.32. The van der Waals surface area contributed by atoms with Crippen molar-refractivity contribution in [3.8, 4) is 0 Å². The van der Waals surface area contributed by atoms with Crippen molar-refractivity contribution in [3.05, 3.63) is 68.7 Å². The van der Waals surface area contributed by atoms with Gasteiger partial charge in [0.05, 0.1) is 16.9 Å². The Hall–Kier alpha value is -2.99. The zero-order valence-electron chi connectivity index (χ0n) is 20.0. The lowest BCUT2D eigenvalue weighted by Crippen LogP contribution is -2.52. The lowest BCUT2D eigenvalue weighted by Gasteiger charge is -2.32. The minimum atomic E-state index is -3.98. The molecule has 0 aliphatic heterocycles. The molecular weight excluding hydrogens is 540 g/mol. The average molecular weight is 569 g/mol. The number of hydrogen-bond acceptors (Lipinski definition) is 6. The number of rotatable bonds is 11. The second-order valence-corrected chi connectivity index (χ2v) is 11.0. The van der Waals surface area contributed by atoms with E-state index in [1.165, 1.54) is 23.1 Å².